The summed E-state index contributed by atoms with van der Waals surface area (Å²) < 4.78 is 1.97. The van der Waals surface area contributed by atoms with Crippen molar-refractivity contribution in [1.29, 1.82) is 0 Å². The monoisotopic (exact) mass is 248 g/mol. The number of nitrogens with zero attached hydrogens (tertiary/aromatic N) is 3. The number of aromatic nitrogens is 2. The van der Waals surface area contributed by atoms with Crippen molar-refractivity contribution in [2.24, 2.45) is 13.0 Å². The first-order valence-corrected chi connectivity index (χ1v) is 7.15. The standard InChI is InChI=1S/C14H24N4/c1-11-13(8-16-17(11)2)10-18-6-5-12(9-18)7-15-14-3-4-14/h8,12,14-15H,3-7,9-10H2,1-2H3. The van der Waals surface area contributed by atoms with Crippen LogP contribution in [0.3, 0.4) is 0 Å². The highest BCUT2D eigenvalue weighted by molar-refractivity contribution is 5.15. The third-order valence-electron chi connectivity index (χ3n) is 4.37. The smallest absolute Gasteiger partial charge is 0.0537 e. The molecule has 1 aromatic rings. The molecule has 18 heavy (non-hydrogen) atoms. The normalized spacial score (nSPS) is 24.9. The Kier molecular flexibility index (Phi) is 3.39. The first-order valence-electron chi connectivity index (χ1n) is 7.15. The Hall–Kier alpha value is -0.870. The fraction of sp³-hybridized carbons (Fsp3) is 0.786. The van der Waals surface area contributed by atoms with Gasteiger partial charge in [0.05, 0.1) is 6.20 Å². The quantitative estimate of drug-likeness (QED) is 0.853. The molecule has 4 heteroatoms. The van der Waals surface area contributed by atoms with E-state index in [1.165, 1.54) is 50.2 Å². The van der Waals surface area contributed by atoms with E-state index in [2.05, 4.69) is 22.2 Å². The molecule has 1 saturated carbocycles. The maximum Gasteiger partial charge on any atom is 0.0537 e. The molecule has 3 rings (SSSR count). The van der Waals surface area contributed by atoms with Crippen LogP contribution >= 0.6 is 0 Å². The molecule has 1 aromatic heterocycles. The second-order valence-corrected chi connectivity index (χ2v) is 5.95. The maximum absolute atomic E-state index is 4.32. The molecule has 2 aliphatic rings. The number of likely N-dealkylation sites (tertiary alicyclic amines) is 1. The number of aryl methyl sites for hydroxylation is 1. The van der Waals surface area contributed by atoms with Crippen molar-refractivity contribution >= 4 is 0 Å². The zero-order valence-corrected chi connectivity index (χ0v) is 11.5. The van der Waals surface area contributed by atoms with E-state index in [0.717, 1.165) is 18.5 Å². The van der Waals surface area contributed by atoms with E-state index in [4.69, 9.17) is 0 Å². The van der Waals surface area contributed by atoms with Crippen LogP contribution in [0.4, 0.5) is 0 Å². The van der Waals surface area contributed by atoms with E-state index in [1.54, 1.807) is 0 Å². The molecule has 1 unspecified atom stereocenters. The first-order chi connectivity index (χ1) is 8.72. The van der Waals surface area contributed by atoms with E-state index in [9.17, 15) is 0 Å². The van der Waals surface area contributed by atoms with E-state index in [0.29, 0.717) is 0 Å². The summed E-state index contributed by atoms with van der Waals surface area (Å²) in [5.41, 5.74) is 2.68. The zero-order chi connectivity index (χ0) is 12.5. The lowest BCUT2D eigenvalue weighted by atomic mass is 10.1. The molecule has 2 fully saturated rings. The van der Waals surface area contributed by atoms with Crippen molar-refractivity contribution in [3.63, 3.8) is 0 Å². The van der Waals surface area contributed by atoms with Crippen LogP contribution in [-0.2, 0) is 13.6 Å². The number of rotatable bonds is 5. The molecule has 1 aliphatic carbocycles. The van der Waals surface area contributed by atoms with Gasteiger partial charge in [0.2, 0.25) is 0 Å². The third kappa shape index (κ3) is 2.75. The van der Waals surface area contributed by atoms with Gasteiger partial charge in [0.15, 0.2) is 0 Å². The molecule has 0 aromatic carbocycles. The summed E-state index contributed by atoms with van der Waals surface area (Å²) in [7, 11) is 2.02. The van der Waals surface area contributed by atoms with Crippen molar-refractivity contribution in [2.45, 2.75) is 38.8 Å². The van der Waals surface area contributed by atoms with Crippen molar-refractivity contribution in [3.05, 3.63) is 17.5 Å². The van der Waals surface area contributed by atoms with E-state index >= 15 is 0 Å². The van der Waals surface area contributed by atoms with Gasteiger partial charge in [-0.25, -0.2) is 0 Å². The highest BCUT2D eigenvalue weighted by Gasteiger charge is 2.26. The summed E-state index contributed by atoms with van der Waals surface area (Å²) in [6.45, 7) is 6.93. The molecule has 2 heterocycles. The molecule has 0 bridgehead atoms. The van der Waals surface area contributed by atoms with Gasteiger partial charge in [-0.15, -0.1) is 0 Å². The highest BCUT2D eigenvalue weighted by atomic mass is 15.3. The number of hydrogen-bond acceptors (Lipinski definition) is 3. The molecule has 4 nitrogen and oxygen atoms in total. The Balaban J connectivity index is 1.47. The van der Waals surface area contributed by atoms with Crippen LogP contribution in [0.5, 0.6) is 0 Å². The van der Waals surface area contributed by atoms with Crippen LogP contribution in [0.25, 0.3) is 0 Å². The summed E-state index contributed by atoms with van der Waals surface area (Å²) in [6, 6.07) is 0.847. The van der Waals surface area contributed by atoms with Gasteiger partial charge in [-0.1, -0.05) is 0 Å². The zero-order valence-electron chi connectivity index (χ0n) is 11.5. The average Bonchev–Trinajstić information content (AvgIpc) is 3.02. The SMILES string of the molecule is Cc1c(CN2CCC(CNC3CC3)C2)cnn1C. The van der Waals surface area contributed by atoms with Crippen molar-refractivity contribution in [1.82, 2.24) is 20.0 Å². The molecule has 1 saturated heterocycles. The number of nitrogens with one attached hydrogen (secondary N) is 1. The predicted octanol–water partition coefficient (Wildman–Crippen LogP) is 1.30. The topological polar surface area (TPSA) is 33.1 Å². The Labute approximate surface area is 109 Å². The Morgan fingerprint density at radius 2 is 2.22 bits per heavy atom. The minimum Gasteiger partial charge on any atom is -0.314 e. The molecule has 100 valence electrons. The first kappa shape index (κ1) is 12.2. The van der Waals surface area contributed by atoms with E-state index in [1.807, 2.05) is 17.9 Å². The molecule has 0 amide bonds. The van der Waals surface area contributed by atoms with Crippen LogP contribution in [0.1, 0.15) is 30.5 Å². The van der Waals surface area contributed by atoms with Gasteiger partial charge in [0, 0.05) is 37.4 Å². The van der Waals surface area contributed by atoms with E-state index in [-0.39, 0.29) is 0 Å². The van der Waals surface area contributed by atoms with Crippen molar-refractivity contribution < 1.29 is 0 Å². The number of hydrogen-bond donors (Lipinski definition) is 1. The van der Waals surface area contributed by atoms with Crippen LogP contribution in [-0.4, -0.2) is 40.4 Å². The maximum atomic E-state index is 4.32. The largest absolute Gasteiger partial charge is 0.314 e. The average molecular weight is 248 g/mol. The molecule has 1 atom stereocenters. The van der Waals surface area contributed by atoms with E-state index < -0.39 is 0 Å². The summed E-state index contributed by atoms with van der Waals surface area (Å²) in [5, 5.41) is 7.98. The Morgan fingerprint density at radius 3 is 2.89 bits per heavy atom. The van der Waals surface area contributed by atoms with Gasteiger partial charge in [0.1, 0.15) is 0 Å². The molecule has 0 spiro atoms. The molecule has 1 N–H and O–H groups in total. The Bertz CT molecular complexity index is 408. The minimum atomic E-state index is 0.847. The highest BCUT2D eigenvalue weighted by Crippen LogP contribution is 2.22. The van der Waals surface area contributed by atoms with Gasteiger partial charge in [-0.05, 0) is 45.2 Å². The van der Waals surface area contributed by atoms with Gasteiger partial charge in [0.25, 0.3) is 0 Å². The summed E-state index contributed by atoms with van der Waals surface area (Å²) >= 11 is 0. The second kappa shape index (κ2) is 5.02. The lowest BCUT2D eigenvalue weighted by molar-refractivity contribution is 0.313. The molecule has 1 aliphatic heterocycles. The van der Waals surface area contributed by atoms with Gasteiger partial charge >= 0.3 is 0 Å². The Morgan fingerprint density at radius 1 is 1.39 bits per heavy atom. The molecule has 0 radical (unpaired) electrons. The van der Waals surface area contributed by atoms with Crippen LogP contribution in [0.15, 0.2) is 6.20 Å². The summed E-state index contributed by atoms with van der Waals surface area (Å²) in [5.74, 6) is 0.850. The third-order valence-corrected chi connectivity index (χ3v) is 4.37. The fourth-order valence-corrected chi connectivity index (χ4v) is 2.78. The second-order valence-electron chi connectivity index (χ2n) is 5.95. The van der Waals surface area contributed by atoms with Crippen molar-refractivity contribution in [3.8, 4) is 0 Å². The van der Waals surface area contributed by atoms with Gasteiger partial charge in [-0.2, -0.15) is 5.10 Å². The van der Waals surface area contributed by atoms with Crippen LogP contribution < -0.4 is 5.32 Å². The van der Waals surface area contributed by atoms with Gasteiger partial charge < -0.3 is 5.32 Å². The van der Waals surface area contributed by atoms with Crippen LogP contribution in [0, 0.1) is 12.8 Å². The fourth-order valence-electron chi connectivity index (χ4n) is 2.78. The van der Waals surface area contributed by atoms with Crippen LogP contribution in [0.2, 0.25) is 0 Å². The van der Waals surface area contributed by atoms with Crippen molar-refractivity contribution in [2.75, 3.05) is 19.6 Å². The lowest BCUT2D eigenvalue weighted by Gasteiger charge is -2.16. The minimum absolute atomic E-state index is 0.847. The summed E-state index contributed by atoms with van der Waals surface area (Å²) in [4.78, 5) is 2.57. The predicted molar refractivity (Wildman–Crippen MR) is 72.4 cm³/mol. The molecular weight excluding hydrogens is 224 g/mol. The van der Waals surface area contributed by atoms with Gasteiger partial charge in [-0.3, -0.25) is 9.58 Å². The molecular formula is C14H24N4. The summed E-state index contributed by atoms with van der Waals surface area (Å²) in [6.07, 6.45) is 6.15. The lowest BCUT2D eigenvalue weighted by Crippen LogP contribution is -2.27.